The van der Waals surface area contributed by atoms with Gasteiger partial charge in [-0.15, -0.1) is 0 Å². The summed E-state index contributed by atoms with van der Waals surface area (Å²) in [7, 11) is 0. The zero-order chi connectivity index (χ0) is 15.7. The Bertz CT molecular complexity index is 287. The molecule has 0 spiro atoms. The van der Waals surface area contributed by atoms with Crippen molar-refractivity contribution in [1.82, 2.24) is 4.90 Å². The highest BCUT2D eigenvalue weighted by Crippen LogP contribution is 2.21. The van der Waals surface area contributed by atoms with Gasteiger partial charge in [0.25, 0.3) is 0 Å². The molecule has 2 atom stereocenters. The molecule has 1 aliphatic heterocycles. The van der Waals surface area contributed by atoms with E-state index in [0.717, 1.165) is 43.7 Å². The van der Waals surface area contributed by atoms with E-state index in [4.69, 9.17) is 0 Å². The number of rotatable bonds is 11. The fourth-order valence-corrected chi connectivity index (χ4v) is 3.29. The first-order valence-corrected chi connectivity index (χ1v) is 9.26. The van der Waals surface area contributed by atoms with E-state index in [9.17, 15) is 4.79 Å². The molecule has 124 valence electrons. The van der Waals surface area contributed by atoms with Gasteiger partial charge in [0.15, 0.2) is 0 Å². The lowest BCUT2D eigenvalue weighted by molar-refractivity contribution is -0.127. The number of carbonyl (C=O) groups is 1. The summed E-state index contributed by atoms with van der Waals surface area (Å²) in [6.07, 6.45) is 11.3. The Hall–Kier alpha value is -0.530. The van der Waals surface area contributed by atoms with Gasteiger partial charge in [0.1, 0.15) is 0 Å². The molecule has 0 bridgehead atoms. The average Bonchev–Trinajstić information content (AvgIpc) is 2.81. The molecule has 0 aromatic rings. The van der Waals surface area contributed by atoms with E-state index in [-0.39, 0.29) is 0 Å². The van der Waals surface area contributed by atoms with Crippen LogP contribution in [0.25, 0.3) is 0 Å². The number of amides is 1. The largest absolute Gasteiger partial charge is 0.343 e. The SMILES string of the molecule is CC(C)CCCC(C)CCCC(C)CCN1CCCC1=O. The maximum Gasteiger partial charge on any atom is 0.222 e. The van der Waals surface area contributed by atoms with Crippen LogP contribution in [-0.4, -0.2) is 23.9 Å². The van der Waals surface area contributed by atoms with Gasteiger partial charge in [-0.05, 0) is 30.6 Å². The molecule has 0 N–H and O–H groups in total. The van der Waals surface area contributed by atoms with Crippen molar-refractivity contribution < 1.29 is 4.79 Å². The lowest BCUT2D eigenvalue weighted by Gasteiger charge is -2.19. The third-order valence-corrected chi connectivity index (χ3v) is 4.94. The summed E-state index contributed by atoms with van der Waals surface area (Å²) in [4.78, 5) is 13.6. The number of carbonyl (C=O) groups excluding carboxylic acids is 1. The van der Waals surface area contributed by atoms with Crippen molar-refractivity contribution in [2.24, 2.45) is 17.8 Å². The maximum atomic E-state index is 11.6. The van der Waals surface area contributed by atoms with Crippen molar-refractivity contribution in [1.29, 1.82) is 0 Å². The Balaban J connectivity index is 1.99. The fraction of sp³-hybridized carbons (Fsp3) is 0.947. The van der Waals surface area contributed by atoms with Gasteiger partial charge in [0.05, 0.1) is 0 Å². The predicted octanol–water partition coefficient (Wildman–Crippen LogP) is 5.27. The highest BCUT2D eigenvalue weighted by atomic mass is 16.2. The van der Waals surface area contributed by atoms with Crippen LogP contribution in [0.2, 0.25) is 0 Å². The van der Waals surface area contributed by atoms with E-state index in [1.54, 1.807) is 0 Å². The zero-order valence-electron chi connectivity index (χ0n) is 14.9. The molecule has 1 aliphatic rings. The molecule has 21 heavy (non-hydrogen) atoms. The van der Waals surface area contributed by atoms with Crippen LogP contribution in [0.3, 0.4) is 0 Å². The summed E-state index contributed by atoms with van der Waals surface area (Å²) in [5, 5.41) is 0. The molecular formula is C19H37NO. The van der Waals surface area contributed by atoms with Crippen LogP contribution in [0.1, 0.15) is 85.5 Å². The van der Waals surface area contributed by atoms with Gasteiger partial charge in [-0.25, -0.2) is 0 Å². The molecular weight excluding hydrogens is 258 g/mol. The second-order valence-electron chi connectivity index (χ2n) is 7.74. The minimum absolute atomic E-state index is 0.376. The van der Waals surface area contributed by atoms with Crippen molar-refractivity contribution in [3.8, 4) is 0 Å². The lowest BCUT2D eigenvalue weighted by atomic mass is 9.92. The molecule has 0 aliphatic carbocycles. The summed E-state index contributed by atoms with van der Waals surface area (Å²) < 4.78 is 0. The molecule has 0 aromatic heterocycles. The van der Waals surface area contributed by atoms with Gasteiger partial charge < -0.3 is 4.90 Å². The minimum Gasteiger partial charge on any atom is -0.343 e. The van der Waals surface area contributed by atoms with Gasteiger partial charge >= 0.3 is 0 Å². The van der Waals surface area contributed by atoms with Gasteiger partial charge in [0.2, 0.25) is 5.91 Å². The van der Waals surface area contributed by atoms with Crippen molar-refractivity contribution in [3.05, 3.63) is 0 Å². The second kappa shape index (κ2) is 10.2. The highest BCUT2D eigenvalue weighted by molar-refractivity contribution is 5.77. The number of likely N-dealkylation sites (tertiary alicyclic amines) is 1. The van der Waals surface area contributed by atoms with Crippen LogP contribution in [0.5, 0.6) is 0 Å². The Kier molecular flexibility index (Phi) is 9.03. The molecule has 1 heterocycles. The van der Waals surface area contributed by atoms with Crippen molar-refractivity contribution in [3.63, 3.8) is 0 Å². The van der Waals surface area contributed by atoms with Gasteiger partial charge in [-0.1, -0.05) is 66.2 Å². The predicted molar refractivity (Wildman–Crippen MR) is 91.3 cm³/mol. The zero-order valence-corrected chi connectivity index (χ0v) is 14.9. The van der Waals surface area contributed by atoms with E-state index < -0.39 is 0 Å². The van der Waals surface area contributed by atoms with Crippen LogP contribution >= 0.6 is 0 Å². The van der Waals surface area contributed by atoms with E-state index in [1.165, 1.54) is 44.9 Å². The molecule has 1 fully saturated rings. The normalized spacial score (nSPS) is 18.5. The average molecular weight is 296 g/mol. The molecule has 2 nitrogen and oxygen atoms in total. The Morgan fingerprint density at radius 1 is 0.905 bits per heavy atom. The Morgan fingerprint density at radius 3 is 2.00 bits per heavy atom. The number of hydrogen-bond acceptors (Lipinski definition) is 1. The topological polar surface area (TPSA) is 20.3 Å². The maximum absolute atomic E-state index is 11.6. The van der Waals surface area contributed by atoms with Crippen molar-refractivity contribution >= 4 is 5.91 Å². The molecule has 1 saturated heterocycles. The molecule has 0 saturated carbocycles. The lowest BCUT2D eigenvalue weighted by Crippen LogP contribution is -2.26. The molecule has 0 aromatic carbocycles. The van der Waals surface area contributed by atoms with E-state index in [1.807, 2.05) is 0 Å². The Labute approximate surface area is 132 Å². The van der Waals surface area contributed by atoms with Gasteiger partial charge in [-0.3, -0.25) is 4.79 Å². The van der Waals surface area contributed by atoms with Crippen LogP contribution in [0, 0.1) is 17.8 Å². The molecule has 2 unspecified atom stereocenters. The Morgan fingerprint density at radius 2 is 1.48 bits per heavy atom. The van der Waals surface area contributed by atoms with E-state index >= 15 is 0 Å². The highest BCUT2D eigenvalue weighted by Gasteiger charge is 2.20. The molecule has 1 amide bonds. The van der Waals surface area contributed by atoms with Crippen molar-refractivity contribution in [2.75, 3.05) is 13.1 Å². The third kappa shape index (κ3) is 8.48. The minimum atomic E-state index is 0.376. The molecule has 2 heteroatoms. The standard InChI is InChI=1S/C19H37NO/c1-16(2)8-5-9-17(3)10-6-11-18(4)13-15-20-14-7-12-19(20)21/h16-18H,5-15H2,1-4H3. The summed E-state index contributed by atoms with van der Waals surface area (Å²) in [6, 6.07) is 0. The first-order chi connectivity index (χ1) is 9.99. The quantitative estimate of drug-likeness (QED) is 0.508. The van der Waals surface area contributed by atoms with E-state index in [0.29, 0.717) is 5.91 Å². The van der Waals surface area contributed by atoms with Gasteiger partial charge in [-0.2, -0.15) is 0 Å². The summed E-state index contributed by atoms with van der Waals surface area (Å²) >= 11 is 0. The fourth-order valence-electron chi connectivity index (χ4n) is 3.29. The smallest absolute Gasteiger partial charge is 0.222 e. The third-order valence-electron chi connectivity index (χ3n) is 4.94. The number of nitrogens with zero attached hydrogens (tertiary/aromatic N) is 1. The first-order valence-electron chi connectivity index (χ1n) is 9.26. The van der Waals surface area contributed by atoms with Crippen LogP contribution in [0.4, 0.5) is 0 Å². The van der Waals surface area contributed by atoms with E-state index in [2.05, 4.69) is 32.6 Å². The van der Waals surface area contributed by atoms with Crippen LogP contribution in [0.15, 0.2) is 0 Å². The first kappa shape index (κ1) is 18.5. The molecule has 1 rings (SSSR count). The van der Waals surface area contributed by atoms with Gasteiger partial charge in [0, 0.05) is 19.5 Å². The second-order valence-corrected chi connectivity index (χ2v) is 7.74. The van der Waals surface area contributed by atoms with Crippen LogP contribution < -0.4 is 0 Å². The van der Waals surface area contributed by atoms with Crippen molar-refractivity contribution in [2.45, 2.75) is 85.5 Å². The molecule has 0 radical (unpaired) electrons. The summed E-state index contributed by atoms with van der Waals surface area (Å²) in [5.74, 6) is 2.88. The summed E-state index contributed by atoms with van der Waals surface area (Å²) in [6.45, 7) is 11.4. The summed E-state index contributed by atoms with van der Waals surface area (Å²) in [5.41, 5.74) is 0. The van der Waals surface area contributed by atoms with Crippen LogP contribution in [-0.2, 0) is 4.79 Å². The monoisotopic (exact) mass is 295 g/mol. The number of hydrogen-bond donors (Lipinski definition) is 0.